The van der Waals surface area contributed by atoms with E-state index in [1.807, 2.05) is 35.4 Å². The first-order valence-corrected chi connectivity index (χ1v) is 9.93. The third kappa shape index (κ3) is 5.79. The van der Waals surface area contributed by atoms with Crippen LogP contribution in [-0.4, -0.2) is 48.5 Å². The van der Waals surface area contributed by atoms with Crippen LogP contribution in [-0.2, 0) is 11.3 Å². The molecule has 1 aliphatic rings. The van der Waals surface area contributed by atoms with Gasteiger partial charge >= 0.3 is 0 Å². The fourth-order valence-corrected chi connectivity index (χ4v) is 3.59. The van der Waals surface area contributed by atoms with Crippen molar-refractivity contribution in [2.45, 2.75) is 26.3 Å². The second kappa shape index (κ2) is 10.1. The summed E-state index contributed by atoms with van der Waals surface area (Å²) in [5.74, 6) is 0.902. The van der Waals surface area contributed by atoms with Gasteiger partial charge < -0.3 is 15.1 Å². The van der Waals surface area contributed by atoms with E-state index in [0.717, 1.165) is 50.3 Å². The number of carbonyl (C=O) groups is 1. The van der Waals surface area contributed by atoms with E-state index in [9.17, 15) is 4.79 Å². The number of pyridine rings is 1. The molecular formula is C22H30N4O. The number of likely N-dealkylation sites (tertiary alicyclic amines) is 1. The van der Waals surface area contributed by atoms with Crippen molar-refractivity contribution in [3.8, 4) is 0 Å². The zero-order chi connectivity index (χ0) is 18.9. The molecule has 1 amide bonds. The van der Waals surface area contributed by atoms with Crippen molar-refractivity contribution in [1.29, 1.82) is 0 Å². The minimum Gasteiger partial charge on any atom is -0.358 e. The largest absolute Gasteiger partial charge is 0.358 e. The number of hydrogen-bond acceptors (Lipinski definition) is 4. The minimum absolute atomic E-state index is 0.213. The minimum atomic E-state index is 0.213. The number of para-hydroxylation sites is 1. The summed E-state index contributed by atoms with van der Waals surface area (Å²) in [7, 11) is 0. The van der Waals surface area contributed by atoms with E-state index in [0.29, 0.717) is 19.0 Å². The normalized spacial score (nSPS) is 14.9. The van der Waals surface area contributed by atoms with E-state index in [4.69, 9.17) is 0 Å². The highest BCUT2D eigenvalue weighted by molar-refractivity contribution is 5.81. The first-order chi connectivity index (χ1) is 13.3. The molecule has 1 fully saturated rings. The lowest BCUT2D eigenvalue weighted by molar-refractivity contribution is -0.131. The summed E-state index contributed by atoms with van der Waals surface area (Å²) in [4.78, 5) is 21.3. The van der Waals surface area contributed by atoms with Crippen molar-refractivity contribution in [3.05, 3.63) is 60.4 Å². The summed E-state index contributed by atoms with van der Waals surface area (Å²) in [5, 5.41) is 3.43. The Morgan fingerprint density at radius 2 is 1.96 bits per heavy atom. The highest BCUT2D eigenvalue weighted by Gasteiger charge is 2.24. The number of hydrogen-bond donors (Lipinski definition) is 1. The molecule has 0 saturated carbocycles. The second-order valence-corrected chi connectivity index (χ2v) is 7.18. The molecule has 1 N–H and O–H groups in total. The standard InChI is InChI=1S/C22H30N4O/c1-2-23-15-19-10-13-25(14-11-19)22(27)18-26(21-8-4-3-5-9-21)17-20-7-6-12-24-16-20/h3-9,12,16,19,23H,2,10-11,13-15,17-18H2,1H3. The molecule has 0 bridgehead atoms. The van der Waals surface area contributed by atoms with E-state index in [1.54, 1.807) is 6.20 Å². The molecule has 144 valence electrons. The molecule has 0 atom stereocenters. The molecule has 2 aromatic rings. The lowest BCUT2D eigenvalue weighted by Crippen LogP contribution is -2.45. The number of nitrogens with one attached hydrogen (secondary N) is 1. The number of nitrogens with zero attached hydrogens (tertiary/aromatic N) is 3. The van der Waals surface area contributed by atoms with Crippen LogP contribution in [0.2, 0.25) is 0 Å². The number of benzene rings is 1. The number of carbonyl (C=O) groups excluding carboxylic acids is 1. The highest BCUT2D eigenvalue weighted by atomic mass is 16.2. The first kappa shape index (κ1) is 19.4. The van der Waals surface area contributed by atoms with Crippen LogP contribution in [0.15, 0.2) is 54.9 Å². The van der Waals surface area contributed by atoms with E-state index in [2.05, 4.69) is 40.3 Å². The molecule has 1 aromatic carbocycles. The van der Waals surface area contributed by atoms with Gasteiger partial charge in [-0.1, -0.05) is 31.2 Å². The van der Waals surface area contributed by atoms with Crippen molar-refractivity contribution in [2.75, 3.05) is 37.6 Å². The van der Waals surface area contributed by atoms with Crippen molar-refractivity contribution >= 4 is 11.6 Å². The SMILES string of the molecule is CCNCC1CCN(C(=O)CN(Cc2cccnc2)c2ccccc2)CC1. The molecule has 3 rings (SSSR count). The maximum absolute atomic E-state index is 12.9. The van der Waals surface area contributed by atoms with Crippen LogP contribution >= 0.6 is 0 Å². The summed E-state index contributed by atoms with van der Waals surface area (Å²) in [6, 6.07) is 14.2. The number of anilines is 1. The van der Waals surface area contributed by atoms with Gasteiger partial charge in [-0.2, -0.15) is 0 Å². The van der Waals surface area contributed by atoms with Crippen LogP contribution in [0.4, 0.5) is 5.69 Å². The Morgan fingerprint density at radius 1 is 1.19 bits per heavy atom. The van der Waals surface area contributed by atoms with Gasteiger partial charge in [0.25, 0.3) is 0 Å². The Balaban J connectivity index is 1.61. The van der Waals surface area contributed by atoms with Gasteiger partial charge in [-0.05, 0) is 55.6 Å². The van der Waals surface area contributed by atoms with Gasteiger partial charge in [0.1, 0.15) is 0 Å². The van der Waals surface area contributed by atoms with Gasteiger partial charge in [-0.3, -0.25) is 9.78 Å². The number of amides is 1. The molecule has 1 aliphatic heterocycles. The maximum atomic E-state index is 12.9. The topological polar surface area (TPSA) is 48.5 Å². The van der Waals surface area contributed by atoms with Crippen LogP contribution < -0.4 is 10.2 Å². The predicted molar refractivity (Wildman–Crippen MR) is 110 cm³/mol. The monoisotopic (exact) mass is 366 g/mol. The maximum Gasteiger partial charge on any atom is 0.242 e. The number of rotatable bonds is 8. The molecule has 1 aromatic heterocycles. The fourth-order valence-electron chi connectivity index (χ4n) is 3.59. The molecule has 2 heterocycles. The Kier molecular flexibility index (Phi) is 7.22. The predicted octanol–water partition coefficient (Wildman–Crippen LogP) is 2.94. The van der Waals surface area contributed by atoms with Gasteiger partial charge in [-0.15, -0.1) is 0 Å². The third-order valence-corrected chi connectivity index (χ3v) is 5.19. The van der Waals surface area contributed by atoms with Crippen LogP contribution in [0, 0.1) is 5.92 Å². The molecule has 0 aliphatic carbocycles. The van der Waals surface area contributed by atoms with E-state index < -0.39 is 0 Å². The molecule has 0 unspecified atom stereocenters. The Morgan fingerprint density at radius 3 is 2.63 bits per heavy atom. The Hall–Kier alpha value is -2.40. The first-order valence-electron chi connectivity index (χ1n) is 9.93. The summed E-state index contributed by atoms with van der Waals surface area (Å²) >= 11 is 0. The quantitative estimate of drug-likeness (QED) is 0.780. The lowest BCUT2D eigenvalue weighted by atomic mass is 9.96. The van der Waals surface area contributed by atoms with E-state index in [1.165, 1.54) is 0 Å². The van der Waals surface area contributed by atoms with Gasteiger partial charge in [0.2, 0.25) is 5.91 Å². The van der Waals surface area contributed by atoms with Crippen molar-refractivity contribution in [3.63, 3.8) is 0 Å². The van der Waals surface area contributed by atoms with Crippen LogP contribution in [0.5, 0.6) is 0 Å². The van der Waals surface area contributed by atoms with Crippen LogP contribution in [0.25, 0.3) is 0 Å². The highest BCUT2D eigenvalue weighted by Crippen LogP contribution is 2.19. The van der Waals surface area contributed by atoms with Crippen LogP contribution in [0.1, 0.15) is 25.3 Å². The zero-order valence-electron chi connectivity index (χ0n) is 16.2. The van der Waals surface area contributed by atoms with E-state index >= 15 is 0 Å². The summed E-state index contributed by atoms with van der Waals surface area (Å²) < 4.78 is 0. The second-order valence-electron chi connectivity index (χ2n) is 7.18. The third-order valence-electron chi connectivity index (χ3n) is 5.19. The van der Waals surface area contributed by atoms with Crippen molar-refractivity contribution in [2.24, 2.45) is 5.92 Å². The molecule has 0 radical (unpaired) electrons. The molecule has 5 nitrogen and oxygen atoms in total. The molecule has 5 heteroatoms. The average molecular weight is 367 g/mol. The van der Waals surface area contributed by atoms with Gasteiger partial charge in [0.05, 0.1) is 6.54 Å². The molecule has 1 saturated heterocycles. The summed E-state index contributed by atoms with van der Waals surface area (Å²) in [6.45, 7) is 7.03. The lowest BCUT2D eigenvalue weighted by Gasteiger charge is -2.34. The summed E-state index contributed by atoms with van der Waals surface area (Å²) in [5.41, 5.74) is 2.18. The van der Waals surface area contributed by atoms with Gasteiger partial charge in [0.15, 0.2) is 0 Å². The zero-order valence-corrected chi connectivity index (χ0v) is 16.2. The molecular weight excluding hydrogens is 336 g/mol. The average Bonchev–Trinajstić information content (AvgIpc) is 2.73. The summed E-state index contributed by atoms with van der Waals surface area (Å²) in [6.07, 6.45) is 5.82. The smallest absolute Gasteiger partial charge is 0.242 e. The Labute approximate surface area is 162 Å². The number of piperidine rings is 1. The van der Waals surface area contributed by atoms with E-state index in [-0.39, 0.29) is 5.91 Å². The van der Waals surface area contributed by atoms with Crippen molar-refractivity contribution < 1.29 is 4.79 Å². The van der Waals surface area contributed by atoms with Crippen molar-refractivity contribution in [1.82, 2.24) is 15.2 Å². The molecule has 0 spiro atoms. The fraction of sp³-hybridized carbons (Fsp3) is 0.455. The van der Waals surface area contributed by atoms with Gasteiger partial charge in [-0.25, -0.2) is 0 Å². The molecule has 27 heavy (non-hydrogen) atoms. The Bertz CT molecular complexity index is 684. The van der Waals surface area contributed by atoms with Crippen LogP contribution in [0.3, 0.4) is 0 Å². The van der Waals surface area contributed by atoms with Gasteiger partial charge in [0, 0.05) is 37.7 Å². The number of aromatic nitrogens is 1.